The van der Waals surface area contributed by atoms with Gasteiger partial charge in [-0.2, -0.15) is 5.10 Å². The Kier molecular flexibility index (Phi) is 5.16. The molecule has 1 saturated heterocycles. The fourth-order valence-corrected chi connectivity index (χ4v) is 2.75. The lowest BCUT2D eigenvalue weighted by Crippen LogP contribution is -2.31. The monoisotopic (exact) mass is 315 g/mol. The van der Waals surface area contributed by atoms with Crippen molar-refractivity contribution in [3.8, 4) is 0 Å². The second kappa shape index (κ2) is 6.73. The number of rotatable bonds is 5. The number of amides is 1. The molecule has 1 aliphatic rings. The van der Waals surface area contributed by atoms with Crippen LogP contribution in [0.2, 0.25) is 0 Å². The van der Waals surface area contributed by atoms with E-state index in [9.17, 15) is 18.7 Å². The molecule has 2 rings (SSSR count). The van der Waals surface area contributed by atoms with E-state index in [0.717, 1.165) is 0 Å². The van der Waals surface area contributed by atoms with Crippen LogP contribution in [-0.2, 0) is 6.54 Å². The molecule has 1 aromatic rings. The molecule has 1 fully saturated rings. The van der Waals surface area contributed by atoms with Gasteiger partial charge < -0.3 is 10.0 Å². The standard InChI is InChI=1S/C15H23F2N3O2/c1-9(2)6-20-8-12(14(16)17)13(18-20)15(22)19-5-4-11(7-19)10(3)21/h8-11,14,21H,4-7H2,1-3H3. The first-order valence-electron chi connectivity index (χ1n) is 7.62. The Balaban J connectivity index is 2.20. The maximum absolute atomic E-state index is 13.2. The minimum Gasteiger partial charge on any atom is -0.393 e. The summed E-state index contributed by atoms with van der Waals surface area (Å²) in [6.45, 7) is 6.94. The summed E-state index contributed by atoms with van der Waals surface area (Å²) in [5, 5.41) is 13.7. The normalized spacial score (nSPS) is 20.2. The van der Waals surface area contributed by atoms with E-state index in [1.807, 2.05) is 13.8 Å². The highest BCUT2D eigenvalue weighted by Crippen LogP contribution is 2.26. The predicted octanol–water partition coefficient (Wildman–Crippen LogP) is 2.32. The van der Waals surface area contributed by atoms with Crippen LogP contribution in [0.1, 0.15) is 49.7 Å². The number of likely N-dealkylation sites (tertiary alicyclic amines) is 1. The number of aromatic nitrogens is 2. The van der Waals surface area contributed by atoms with E-state index in [1.54, 1.807) is 6.92 Å². The van der Waals surface area contributed by atoms with Crippen molar-refractivity contribution in [2.75, 3.05) is 13.1 Å². The number of carbonyl (C=O) groups excluding carboxylic acids is 1. The van der Waals surface area contributed by atoms with Gasteiger partial charge in [-0.25, -0.2) is 8.78 Å². The molecule has 2 atom stereocenters. The molecule has 1 amide bonds. The number of aliphatic hydroxyl groups excluding tert-OH is 1. The first-order valence-corrected chi connectivity index (χ1v) is 7.62. The Morgan fingerprint density at radius 3 is 2.64 bits per heavy atom. The summed E-state index contributed by atoms with van der Waals surface area (Å²) in [5.41, 5.74) is -0.479. The largest absolute Gasteiger partial charge is 0.393 e. The zero-order chi connectivity index (χ0) is 16.4. The smallest absolute Gasteiger partial charge is 0.274 e. The third-order valence-corrected chi connectivity index (χ3v) is 3.97. The number of hydrogen-bond acceptors (Lipinski definition) is 3. The zero-order valence-electron chi connectivity index (χ0n) is 13.2. The van der Waals surface area contributed by atoms with Crippen LogP contribution in [0.15, 0.2) is 6.20 Å². The van der Waals surface area contributed by atoms with Gasteiger partial charge in [-0.1, -0.05) is 13.8 Å². The summed E-state index contributed by atoms with van der Waals surface area (Å²) in [6.07, 6.45) is -1.29. The van der Waals surface area contributed by atoms with Crippen molar-refractivity contribution >= 4 is 5.91 Å². The van der Waals surface area contributed by atoms with Crippen LogP contribution in [0.25, 0.3) is 0 Å². The van der Waals surface area contributed by atoms with Crippen molar-refractivity contribution in [1.29, 1.82) is 0 Å². The second-order valence-electron chi connectivity index (χ2n) is 6.39. The molecule has 0 aliphatic carbocycles. The molecular weight excluding hydrogens is 292 g/mol. The Labute approximate surface area is 128 Å². The van der Waals surface area contributed by atoms with Crippen molar-refractivity contribution in [3.63, 3.8) is 0 Å². The summed E-state index contributed by atoms with van der Waals surface area (Å²) in [4.78, 5) is 14.0. The molecule has 2 heterocycles. The molecule has 2 unspecified atom stereocenters. The van der Waals surface area contributed by atoms with Gasteiger partial charge in [-0.05, 0) is 19.3 Å². The van der Waals surface area contributed by atoms with Crippen molar-refractivity contribution < 1.29 is 18.7 Å². The summed E-state index contributed by atoms with van der Waals surface area (Å²) in [5.74, 6) is -0.225. The minimum absolute atomic E-state index is 0.00306. The molecule has 0 saturated carbocycles. The molecule has 22 heavy (non-hydrogen) atoms. The SMILES string of the molecule is CC(C)Cn1cc(C(F)F)c(C(=O)N2CCC(C(C)O)C2)n1. The predicted molar refractivity (Wildman–Crippen MR) is 77.7 cm³/mol. The molecular formula is C15H23F2N3O2. The molecule has 1 N–H and O–H groups in total. The highest BCUT2D eigenvalue weighted by atomic mass is 19.3. The van der Waals surface area contributed by atoms with Gasteiger partial charge in [0.05, 0.1) is 11.7 Å². The number of halogens is 2. The molecule has 124 valence electrons. The topological polar surface area (TPSA) is 58.4 Å². The number of hydrogen-bond donors (Lipinski definition) is 1. The molecule has 0 bridgehead atoms. The molecule has 0 aromatic carbocycles. The van der Waals surface area contributed by atoms with Gasteiger partial charge in [0, 0.05) is 31.7 Å². The van der Waals surface area contributed by atoms with Crippen LogP contribution in [0.4, 0.5) is 8.78 Å². The Bertz CT molecular complexity index is 529. The van der Waals surface area contributed by atoms with E-state index < -0.39 is 18.4 Å². The van der Waals surface area contributed by atoms with Crippen LogP contribution in [0.3, 0.4) is 0 Å². The fraction of sp³-hybridized carbons (Fsp3) is 0.733. The van der Waals surface area contributed by atoms with Crippen LogP contribution in [0, 0.1) is 11.8 Å². The van der Waals surface area contributed by atoms with E-state index in [4.69, 9.17) is 0 Å². The highest BCUT2D eigenvalue weighted by Gasteiger charge is 2.33. The quantitative estimate of drug-likeness (QED) is 0.907. The summed E-state index contributed by atoms with van der Waals surface area (Å²) >= 11 is 0. The lowest BCUT2D eigenvalue weighted by atomic mass is 10.0. The van der Waals surface area contributed by atoms with Gasteiger partial charge in [0.15, 0.2) is 5.69 Å². The van der Waals surface area contributed by atoms with Crippen molar-refractivity contribution in [2.45, 2.75) is 46.3 Å². The third-order valence-electron chi connectivity index (χ3n) is 3.97. The highest BCUT2D eigenvalue weighted by molar-refractivity contribution is 5.94. The zero-order valence-corrected chi connectivity index (χ0v) is 13.2. The molecule has 7 heteroatoms. The number of alkyl halides is 2. The molecule has 0 radical (unpaired) electrons. The van der Waals surface area contributed by atoms with Gasteiger partial charge in [0.1, 0.15) is 0 Å². The average molecular weight is 315 g/mol. The third kappa shape index (κ3) is 3.63. The van der Waals surface area contributed by atoms with Crippen LogP contribution >= 0.6 is 0 Å². The van der Waals surface area contributed by atoms with E-state index in [1.165, 1.54) is 15.8 Å². The number of nitrogens with zero attached hydrogens (tertiary/aromatic N) is 3. The van der Waals surface area contributed by atoms with Crippen LogP contribution in [-0.4, -0.2) is 44.9 Å². The molecule has 0 spiro atoms. The summed E-state index contributed by atoms with van der Waals surface area (Å²) in [7, 11) is 0. The molecule has 5 nitrogen and oxygen atoms in total. The molecule has 1 aliphatic heterocycles. The first-order chi connectivity index (χ1) is 10.3. The lowest BCUT2D eigenvalue weighted by Gasteiger charge is -2.17. The Morgan fingerprint density at radius 2 is 2.14 bits per heavy atom. The average Bonchev–Trinajstić information content (AvgIpc) is 3.03. The second-order valence-corrected chi connectivity index (χ2v) is 6.39. The maximum Gasteiger partial charge on any atom is 0.274 e. The van der Waals surface area contributed by atoms with Crippen molar-refractivity contribution in [1.82, 2.24) is 14.7 Å². The van der Waals surface area contributed by atoms with Crippen LogP contribution in [0.5, 0.6) is 0 Å². The first kappa shape index (κ1) is 16.9. The number of carbonyl (C=O) groups is 1. The Hall–Kier alpha value is -1.50. The van der Waals surface area contributed by atoms with E-state index in [2.05, 4.69) is 5.10 Å². The maximum atomic E-state index is 13.2. The van der Waals surface area contributed by atoms with E-state index in [0.29, 0.717) is 26.1 Å². The Morgan fingerprint density at radius 1 is 1.45 bits per heavy atom. The van der Waals surface area contributed by atoms with Crippen molar-refractivity contribution in [2.24, 2.45) is 11.8 Å². The number of aliphatic hydroxyl groups is 1. The van der Waals surface area contributed by atoms with Gasteiger partial charge in [-0.3, -0.25) is 9.48 Å². The summed E-state index contributed by atoms with van der Waals surface area (Å²) < 4.78 is 27.8. The van der Waals surface area contributed by atoms with Crippen LogP contribution < -0.4 is 0 Å². The lowest BCUT2D eigenvalue weighted by molar-refractivity contribution is 0.0744. The summed E-state index contributed by atoms with van der Waals surface area (Å²) in [6, 6.07) is 0. The van der Waals surface area contributed by atoms with E-state index in [-0.39, 0.29) is 23.1 Å². The molecule has 1 aromatic heterocycles. The van der Waals surface area contributed by atoms with Gasteiger partial charge in [0.2, 0.25) is 0 Å². The van der Waals surface area contributed by atoms with E-state index >= 15 is 0 Å². The van der Waals surface area contributed by atoms with Crippen molar-refractivity contribution in [3.05, 3.63) is 17.5 Å². The minimum atomic E-state index is -2.73. The fourth-order valence-electron chi connectivity index (χ4n) is 2.75. The van der Waals surface area contributed by atoms with Gasteiger partial charge in [-0.15, -0.1) is 0 Å². The van der Waals surface area contributed by atoms with Gasteiger partial charge >= 0.3 is 0 Å². The van der Waals surface area contributed by atoms with Gasteiger partial charge in [0.25, 0.3) is 12.3 Å².